The predicted octanol–water partition coefficient (Wildman–Crippen LogP) is 7.67. The van der Waals surface area contributed by atoms with E-state index in [0.717, 1.165) is 79.1 Å². The Labute approximate surface area is 293 Å². The van der Waals surface area contributed by atoms with Gasteiger partial charge < -0.3 is 33.2 Å². The number of Topliss-reactive ketones (excluding diaryl/α,β-unsaturated/α-hetero) is 1. The third kappa shape index (κ3) is 5.25. The summed E-state index contributed by atoms with van der Waals surface area (Å²) < 4.78 is 39.7. The first-order valence-corrected chi connectivity index (χ1v) is 18.6. The highest BCUT2D eigenvalue weighted by Crippen LogP contribution is 2.64. The number of esters is 1. The lowest BCUT2D eigenvalue weighted by molar-refractivity contribution is -0.148. The zero-order chi connectivity index (χ0) is 34.2. The van der Waals surface area contributed by atoms with Crippen LogP contribution in [0.4, 0.5) is 0 Å². The van der Waals surface area contributed by atoms with Crippen LogP contribution in [0.15, 0.2) is 48.0 Å². The first-order chi connectivity index (χ1) is 24.2. The van der Waals surface area contributed by atoms with Crippen LogP contribution in [0.25, 0.3) is 0 Å². The van der Waals surface area contributed by atoms with Crippen LogP contribution < -0.4 is 18.9 Å². The molecule has 0 spiro atoms. The largest absolute Gasteiger partial charge is 0.462 e. The van der Waals surface area contributed by atoms with E-state index in [2.05, 4.69) is 32.1 Å². The standard InChI is InChI=1S/C21H30O3.C20H18O6/c1-13(22)24-15-8-10-20(2)14(12-15)4-5-16-17-6-7-19(23)21(17,3)11-9-18(16)20;1-3-15-17(25-9-23-15)5-11(1)19-13-7-22-20(14(13)8-21-19)12-2-4-16-18(6-12)26-10-24-16/h4,15-18H,5-12H2,1-3H3;1-6,13-14,19-20H,7-10H2. The molecule has 4 aliphatic heterocycles. The number of ketones is 1. The zero-order valence-corrected chi connectivity index (χ0v) is 29.3. The van der Waals surface area contributed by atoms with Gasteiger partial charge >= 0.3 is 5.97 Å². The summed E-state index contributed by atoms with van der Waals surface area (Å²) in [6.45, 7) is 8.13. The molecule has 10 unspecified atom stereocenters. The van der Waals surface area contributed by atoms with E-state index in [-0.39, 0.29) is 48.7 Å². The van der Waals surface area contributed by atoms with Crippen molar-refractivity contribution in [1.82, 2.24) is 0 Å². The van der Waals surface area contributed by atoms with Crippen molar-refractivity contribution in [3.05, 3.63) is 59.2 Å². The van der Waals surface area contributed by atoms with E-state index in [9.17, 15) is 9.59 Å². The molecule has 2 aromatic rings. The normalized spacial score (nSPS) is 38.6. The van der Waals surface area contributed by atoms with Gasteiger partial charge in [-0.3, -0.25) is 9.59 Å². The Hall–Kier alpha value is -3.56. The minimum Gasteiger partial charge on any atom is -0.462 e. The molecule has 5 fully saturated rings. The van der Waals surface area contributed by atoms with Gasteiger partial charge in [-0.2, -0.15) is 0 Å². The van der Waals surface area contributed by atoms with E-state index >= 15 is 0 Å². The Kier molecular flexibility index (Phi) is 7.95. The Morgan fingerprint density at radius 1 is 0.740 bits per heavy atom. The summed E-state index contributed by atoms with van der Waals surface area (Å²) in [6, 6.07) is 12.1. The van der Waals surface area contributed by atoms with Gasteiger partial charge in [0.15, 0.2) is 23.0 Å². The first kappa shape index (κ1) is 32.4. The van der Waals surface area contributed by atoms with E-state index < -0.39 is 0 Å². The summed E-state index contributed by atoms with van der Waals surface area (Å²) in [6.07, 6.45) is 10.9. The van der Waals surface area contributed by atoms with Crippen LogP contribution in [-0.2, 0) is 23.8 Å². The number of ether oxygens (including phenoxy) is 7. The molecule has 266 valence electrons. The van der Waals surface area contributed by atoms with Gasteiger partial charge in [0.05, 0.1) is 25.4 Å². The molecule has 50 heavy (non-hydrogen) atoms. The van der Waals surface area contributed by atoms with Crippen LogP contribution in [0.5, 0.6) is 23.0 Å². The number of rotatable bonds is 3. The fourth-order valence-corrected chi connectivity index (χ4v) is 11.1. The smallest absolute Gasteiger partial charge is 0.302 e. The number of fused-ring (bicyclic) bond motifs is 8. The lowest BCUT2D eigenvalue weighted by atomic mass is 9.48. The molecule has 2 aromatic carbocycles. The van der Waals surface area contributed by atoms with Crippen molar-refractivity contribution in [2.75, 3.05) is 26.8 Å². The molecule has 0 radical (unpaired) electrons. The molecule has 0 bridgehead atoms. The molecule has 10 atom stereocenters. The van der Waals surface area contributed by atoms with E-state index in [1.165, 1.54) is 18.9 Å². The highest BCUT2D eigenvalue weighted by Gasteiger charge is 2.58. The lowest BCUT2D eigenvalue weighted by Gasteiger charge is -2.56. The average Bonchev–Trinajstić information content (AvgIpc) is 3.94. The molecule has 3 saturated carbocycles. The van der Waals surface area contributed by atoms with Crippen molar-refractivity contribution >= 4 is 11.8 Å². The zero-order valence-electron chi connectivity index (χ0n) is 29.3. The molecule has 0 amide bonds. The van der Waals surface area contributed by atoms with Crippen molar-refractivity contribution in [2.45, 2.75) is 90.4 Å². The molecule has 2 saturated heterocycles. The number of hydrogen-bond acceptors (Lipinski definition) is 9. The van der Waals surface area contributed by atoms with Crippen LogP contribution in [0, 0.1) is 40.4 Å². The molecule has 9 heteroatoms. The second-order valence-corrected chi connectivity index (χ2v) is 16.2. The summed E-state index contributed by atoms with van der Waals surface area (Å²) in [5, 5.41) is 0. The molecule has 4 heterocycles. The van der Waals surface area contributed by atoms with Gasteiger partial charge in [0.2, 0.25) is 13.6 Å². The molecule has 0 aromatic heterocycles. The Morgan fingerprint density at radius 3 is 1.94 bits per heavy atom. The Bertz CT molecular complexity index is 1650. The van der Waals surface area contributed by atoms with Gasteiger partial charge in [-0.15, -0.1) is 0 Å². The second-order valence-electron chi connectivity index (χ2n) is 16.2. The van der Waals surface area contributed by atoms with Gasteiger partial charge in [-0.25, -0.2) is 0 Å². The van der Waals surface area contributed by atoms with Crippen molar-refractivity contribution in [3.63, 3.8) is 0 Å². The van der Waals surface area contributed by atoms with Gasteiger partial charge in [-0.05, 0) is 97.1 Å². The van der Waals surface area contributed by atoms with Gasteiger partial charge in [0, 0.05) is 37.0 Å². The summed E-state index contributed by atoms with van der Waals surface area (Å²) in [7, 11) is 0. The minimum atomic E-state index is -0.157. The van der Waals surface area contributed by atoms with Crippen molar-refractivity contribution in [3.8, 4) is 23.0 Å². The monoisotopic (exact) mass is 684 g/mol. The third-order valence-corrected chi connectivity index (χ3v) is 13.8. The molecular weight excluding hydrogens is 636 g/mol. The fraction of sp³-hybridized carbons (Fsp3) is 0.610. The van der Waals surface area contributed by atoms with Crippen LogP contribution in [0.1, 0.15) is 95.5 Å². The maximum Gasteiger partial charge on any atom is 0.302 e. The number of carbonyl (C=O) groups excluding carboxylic acids is 2. The van der Waals surface area contributed by atoms with E-state index in [0.29, 0.717) is 48.6 Å². The topological polar surface area (TPSA) is 98.8 Å². The Morgan fingerprint density at radius 2 is 1.32 bits per heavy atom. The van der Waals surface area contributed by atoms with E-state index in [1.807, 2.05) is 24.3 Å². The van der Waals surface area contributed by atoms with Gasteiger partial charge in [0.1, 0.15) is 11.9 Å². The number of benzene rings is 2. The summed E-state index contributed by atoms with van der Waals surface area (Å²) in [5.74, 6) is 6.16. The van der Waals surface area contributed by atoms with Crippen LogP contribution >= 0.6 is 0 Å². The van der Waals surface area contributed by atoms with Crippen molar-refractivity contribution in [2.24, 2.45) is 40.4 Å². The highest BCUT2D eigenvalue weighted by molar-refractivity contribution is 5.87. The van der Waals surface area contributed by atoms with Crippen molar-refractivity contribution in [1.29, 1.82) is 0 Å². The van der Waals surface area contributed by atoms with Gasteiger partial charge in [0.25, 0.3) is 0 Å². The molecule has 9 nitrogen and oxygen atoms in total. The van der Waals surface area contributed by atoms with Crippen LogP contribution in [-0.4, -0.2) is 44.7 Å². The SMILES string of the molecule is CC(=O)OC1CCC2(C)C(=CCC3C4CCC(=O)C4(C)CCC32)C1.c1cc2c(cc1C1OCC3C(c4ccc5c(c4)OCO5)OCC13)OCO2. The highest BCUT2D eigenvalue weighted by atomic mass is 16.7. The van der Waals surface area contributed by atoms with Crippen LogP contribution in [0.2, 0.25) is 0 Å². The predicted molar refractivity (Wildman–Crippen MR) is 182 cm³/mol. The lowest BCUT2D eigenvalue weighted by Crippen LogP contribution is -2.50. The Balaban J connectivity index is 0.000000135. The quantitative estimate of drug-likeness (QED) is 0.238. The van der Waals surface area contributed by atoms with E-state index in [1.54, 1.807) is 0 Å². The first-order valence-electron chi connectivity index (χ1n) is 18.6. The second kappa shape index (κ2) is 12.3. The average molecular weight is 685 g/mol. The number of carbonyl (C=O) groups is 2. The summed E-state index contributed by atoms with van der Waals surface area (Å²) in [5.41, 5.74) is 3.98. The molecule has 0 N–H and O–H groups in total. The summed E-state index contributed by atoms with van der Waals surface area (Å²) in [4.78, 5) is 23.7. The van der Waals surface area contributed by atoms with Crippen molar-refractivity contribution < 1.29 is 42.7 Å². The molecule has 10 rings (SSSR count). The fourth-order valence-electron chi connectivity index (χ4n) is 11.1. The van der Waals surface area contributed by atoms with Gasteiger partial charge in [-0.1, -0.05) is 37.6 Å². The maximum absolute atomic E-state index is 12.4. The van der Waals surface area contributed by atoms with Crippen LogP contribution in [0.3, 0.4) is 0 Å². The maximum atomic E-state index is 12.4. The number of allylic oxidation sites excluding steroid dienone is 1. The molecule has 8 aliphatic rings. The summed E-state index contributed by atoms with van der Waals surface area (Å²) >= 11 is 0. The number of hydrogen-bond donors (Lipinski definition) is 0. The minimum absolute atomic E-state index is 0.0218. The molecule has 4 aliphatic carbocycles. The molecular formula is C41H48O9. The third-order valence-electron chi connectivity index (χ3n) is 13.8. The van der Waals surface area contributed by atoms with E-state index in [4.69, 9.17) is 33.2 Å².